The molecule has 0 fully saturated rings. The van der Waals surface area contributed by atoms with E-state index in [1.807, 2.05) is 35.0 Å². The Balaban J connectivity index is 1.53. The molecule has 6 heteroatoms. The van der Waals surface area contributed by atoms with E-state index in [1.165, 1.54) is 0 Å². The van der Waals surface area contributed by atoms with Crippen molar-refractivity contribution in [1.82, 2.24) is 24.7 Å². The number of nitrogens with zero attached hydrogens (tertiary/aromatic N) is 3. The van der Waals surface area contributed by atoms with Crippen molar-refractivity contribution in [1.29, 1.82) is 0 Å². The highest BCUT2D eigenvalue weighted by Crippen LogP contribution is 2.04. The number of aromatic amines is 1. The Labute approximate surface area is 115 Å². The van der Waals surface area contributed by atoms with Gasteiger partial charge in [0.2, 0.25) is 5.91 Å². The molecule has 1 amide bonds. The topological polar surface area (TPSA) is 75.1 Å². The molecule has 20 heavy (non-hydrogen) atoms. The molecule has 0 saturated carbocycles. The summed E-state index contributed by atoms with van der Waals surface area (Å²) in [5, 5.41) is 2.88. The van der Waals surface area contributed by atoms with Gasteiger partial charge >= 0.3 is 0 Å². The molecule has 3 heterocycles. The van der Waals surface area contributed by atoms with Crippen molar-refractivity contribution >= 4 is 11.6 Å². The van der Waals surface area contributed by atoms with Crippen molar-refractivity contribution < 1.29 is 4.79 Å². The van der Waals surface area contributed by atoms with Crippen molar-refractivity contribution in [2.45, 2.75) is 12.8 Å². The fourth-order valence-electron chi connectivity index (χ4n) is 2.06. The van der Waals surface area contributed by atoms with Crippen LogP contribution in [0, 0.1) is 0 Å². The number of hydrogen-bond donors (Lipinski definition) is 2. The number of carbonyl (C=O) groups excluding carboxylic acids is 1. The largest absolute Gasteiger partial charge is 0.355 e. The van der Waals surface area contributed by atoms with Gasteiger partial charge in [0.25, 0.3) is 0 Å². The molecule has 0 aliphatic carbocycles. The highest BCUT2D eigenvalue weighted by Gasteiger charge is 2.07. The Kier molecular flexibility index (Phi) is 3.45. The minimum Gasteiger partial charge on any atom is -0.355 e. The molecule has 0 bridgehead atoms. The van der Waals surface area contributed by atoms with Crippen molar-refractivity contribution in [3.63, 3.8) is 0 Å². The maximum atomic E-state index is 11.8. The molecule has 102 valence electrons. The second-order valence-electron chi connectivity index (χ2n) is 4.55. The predicted octanol–water partition coefficient (Wildman–Crippen LogP) is 0.959. The Morgan fingerprint density at radius 1 is 1.40 bits per heavy atom. The molecule has 6 nitrogen and oxygen atoms in total. The third kappa shape index (κ3) is 2.85. The highest BCUT2D eigenvalue weighted by molar-refractivity contribution is 5.78. The first-order chi connectivity index (χ1) is 9.81. The van der Waals surface area contributed by atoms with Gasteiger partial charge in [-0.3, -0.25) is 4.79 Å². The molecule has 3 aromatic rings. The number of carbonyl (C=O) groups is 1. The van der Waals surface area contributed by atoms with Crippen LogP contribution in [0.25, 0.3) is 5.65 Å². The second-order valence-corrected chi connectivity index (χ2v) is 4.55. The smallest absolute Gasteiger partial charge is 0.226 e. The number of rotatable bonds is 5. The van der Waals surface area contributed by atoms with E-state index in [4.69, 9.17) is 0 Å². The van der Waals surface area contributed by atoms with E-state index in [9.17, 15) is 4.79 Å². The van der Waals surface area contributed by atoms with Crippen molar-refractivity contribution in [3.05, 3.63) is 54.5 Å². The van der Waals surface area contributed by atoms with E-state index in [1.54, 1.807) is 12.5 Å². The molecule has 0 spiro atoms. The van der Waals surface area contributed by atoms with E-state index in [-0.39, 0.29) is 5.91 Å². The number of aromatic nitrogens is 4. The summed E-state index contributed by atoms with van der Waals surface area (Å²) >= 11 is 0. The minimum absolute atomic E-state index is 0.0204. The molecule has 0 saturated heterocycles. The third-order valence-corrected chi connectivity index (χ3v) is 3.03. The predicted molar refractivity (Wildman–Crippen MR) is 74.2 cm³/mol. The number of pyridine rings is 1. The fourth-order valence-corrected chi connectivity index (χ4v) is 2.06. The fraction of sp³-hybridized carbons (Fsp3) is 0.214. The number of H-pyrrole nitrogens is 1. The first kappa shape index (κ1) is 12.4. The summed E-state index contributed by atoms with van der Waals surface area (Å²) in [5.41, 5.74) is 2.64. The molecule has 0 radical (unpaired) electrons. The lowest BCUT2D eigenvalue weighted by molar-refractivity contribution is -0.120. The lowest BCUT2D eigenvalue weighted by atomic mass is 10.3. The lowest BCUT2D eigenvalue weighted by Gasteiger charge is -2.02. The summed E-state index contributed by atoms with van der Waals surface area (Å²) in [6.07, 6.45) is 8.23. The number of fused-ring (bicyclic) bond motifs is 1. The zero-order chi connectivity index (χ0) is 13.8. The zero-order valence-corrected chi connectivity index (χ0v) is 10.9. The van der Waals surface area contributed by atoms with Crippen LogP contribution < -0.4 is 5.32 Å². The molecule has 0 aliphatic rings. The van der Waals surface area contributed by atoms with Crippen molar-refractivity contribution in [2.24, 2.45) is 0 Å². The standard InChI is InChI=1S/C14H15N5O/c20-14(16-5-4-11-8-15-10-17-11)7-12-9-19-6-2-1-3-13(19)18-12/h1-3,6,8-10H,4-5,7H2,(H,15,17)(H,16,20). The summed E-state index contributed by atoms with van der Waals surface area (Å²) in [7, 11) is 0. The molecule has 0 aromatic carbocycles. The van der Waals surface area contributed by atoms with Crippen LogP contribution in [0.15, 0.2) is 43.1 Å². The lowest BCUT2D eigenvalue weighted by Crippen LogP contribution is -2.27. The molecule has 3 aromatic heterocycles. The maximum Gasteiger partial charge on any atom is 0.226 e. The Morgan fingerprint density at radius 2 is 2.35 bits per heavy atom. The number of nitrogens with one attached hydrogen (secondary N) is 2. The van der Waals surface area contributed by atoms with Crippen molar-refractivity contribution in [3.8, 4) is 0 Å². The van der Waals surface area contributed by atoms with Gasteiger partial charge in [-0.1, -0.05) is 6.07 Å². The number of hydrogen-bond acceptors (Lipinski definition) is 3. The van der Waals surface area contributed by atoms with Gasteiger partial charge in [0.05, 0.1) is 18.4 Å². The zero-order valence-electron chi connectivity index (χ0n) is 10.9. The summed E-state index contributed by atoms with van der Waals surface area (Å²) < 4.78 is 1.91. The van der Waals surface area contributed by atoms with E-state index in [0.717, 1.165) is 23.5 Å². The van der Waals surface area contributed by atoms with Gasteiger partial charge in [0.15, 0.2) is 0 Å². The molecule has 0 unspecified atom stereocenters. The van der Waals surface area contributed by atoms with Gasteiger partial charge in [-0.05, 0) is 12.1 Å². The molecule has 3 rings (SSSR count). The van der Waals surface area contributed by atoms with Gasteiger partial charge in [0, 0.05) is 37.3 Å². The summed E-state index contributed by atoms with van der Waals surface area (Å²) in [5.74, 6) is -0.0204. The van der Waals surface area contributed by atoms with Crippen LogP contribution in [0.5, 0.6) is 0 Å². The van der Waals surface area contributed by atoms with Gasteiger partial charge in [0.1, 0.15) is 5.65 Å². The summed E-state index contributed by atoms with van der Waals surface area (Å²) in [6, 6.07) is 5.78. The number of amides is 1. The maximum absolute atomic E-state index is 11.8. The quantitative estimate of drug-likeness (QED) is 0.724. The van der Waals surface area contributed by atoms with Gasteiger partial charge in [-0.15, -0.1) is 0 Å². The van der Waals surface area contributed by atoms with E-state index in [0.29, 0.717) is 13.0 Å². The molecule has 2 N–H and O–H groups in total. The van der Waals surface area contributed by atoms with Crippen LogP contribution in [-0.4, -0.2) is 31.8 Å². The highest BCUT2D eigenvalue weighted by atomic mass is 16.1. The molecular weight excluding hydrogens is 254 g/mol. The van der Waals surface area contributed by atoms with Crippen LogP contribution in [0.1, 0.15) is 11.4 Å². The average molecular weight is 269 g/mol. The average Bonchev–Trinajstić information content (AvgIpc) is 3.06. The summed E-state index contributed by atoms with van der Waals surface area (Å²) in [6.45, 7) is 0.592. The van der Waals surface area contributed by atoms with E-state index < -0.39 is 0 Å². The van der Waals surface area contributed by atoms with Crippen LogP contribution in [0.4, 0.5) is 0 Å². The number of imidazole rings is 2. The molecule has 0 aliphatic heterocycles. The van der Waals surface area contributed by atoms with Crippen LogP contribution in [0.3, 0.4) is 0 Å². The normalized spacial score (nSPS) is 10.8. The van der Waals surface area contributed by atoms with Gasteiger partial charge < -0.3 is 14.7 Å². The first-order valence-corrected chi connectivity index (χ1v) is 6.48. The minimum atomic E-state index is -0.0204. The first-order valence-electron chi connectivity index (χ1n) is 6.48. The van der Waals surface area contributed by atoms with Gasteiger partial charge in [-0.25, -0.2) is 9.97 Å². The summed E-state index contributed by atoms with van der Waals surface area (Å²) in [4.78, 5) is 23.2. The van der Waals surface area contributed by atoms with Crippen LogP contribution >= 0.6 is 0 Å². The monoisotopic (exact) mass is 269 g/mol. The molecule has 0 atom stereocenters. The van der Waals surface area contributed by atoms with Gasteiger partial charge in [-0.2, -0.15) is 0 Å². The Hall–Kier alpha value is -2.63. The SMILES string of the molecule is O=C(Cc1cn2ccccc2n1)NCCc1cnc[nH]1. The Bertz CT molecular complexity index is 668. The third-order valence-electron chi connectivity index (χ3n) is 3.03. The second kappa shape index (κ2) is 5.56. The Morgan fingerprint density at radius 3 is 3.15 bits per heavy atom. The van der Waals surface area contributed by atoms with Crippen LogP contribution in [-0.2, 0) is 17.6 Å². The van der Waals surface area contributed by atoms with Crippen LogP contribution in [0.2, 0.25) is 0 Å². The van der Waals surface area contributed by atoms with E-state index in [2.05, 4.69) is 20.3 Å². The molecular formula is C14H15N5O. The van der Waals surface area contributed by atoms with E-state index >= 15 is 0 Å². The van der Waals surface area contributed by atoms with Crippen molar-refractivity contribution in [2.75, 3.05) is 6.54 Å².